The summed E-state index contributed by atoms with van der Waals surface area (Å²) in [5.41, 5.74) is 5.38. The highest BCUT2D eigenvalue weighted by Crippen LogP contribution is 2.53. The molecule has 1 saturated carbocycles. The lowest BCUT2D eigenvalue weighted by Gasteiger charge is -2.39. The van der Waals surface area contributed by atoms with Gasteiger partial charge >= 0.3 is 0 Å². The lowest BCUT2D eigenvalue weighted by atomic mass is 9.65. The maximum absolute atomic E-state index is 14.0. The van der Waals surface area contributed by atoms with Crippen LogP contribution in [-0.4, -0.2) is 35.1 Å². The molecule has 1 saturated heterocycles. The molecule has 172 valence electrons. The molecule has 1 amide bonds. The molecule has 2 aliphatic rings. The molecule has 0 N–H and O–H groups in total. The molecule has 1 aromatic heterocycles. The van der Waals surface area contributed by atoms with Gasteiger partial charge in [0, 0.05) is 29.5 Å². The second-order valence-electron chi connectivity index (χ2n) is 11.1. The van der Waals surface area contributed by atoms with E-state index in [2.05, 4.69) is 61.4 Å². The van der Waals surface area contributed by atoms with Gasteiger partial charge in [0.15, 0.2) is 0 Å². The average Bonchev–Trinajstić information content (AvgIpc) is 3.26. The number of para-hydroxylation sites is 1. The number of ether oxygens (including phenoxy) is 1. The van der Waals surface area contributed by atoms with E-state index in [-0.39, 0.29) is 16.7 Å². The second kappa shape index (κ2) is 7.79. The number of likely N-dealkylation sites (tertiary alicyclic amines) is 1. The normalized spacial score (nSPS) is 23.5. The smallest absolute Gasteiger partial charge is 0.255 e. The Morgan fingerprint density at radius 3 is 2.48 bits per heavy atom. The SMILES string of the molecule is COc1cccc(-c2cc(C(=O)N3CC4(C)CC3CC(C)(C)C4)c(C)n2-c2ccccc2)c1. The third-order valence-electron chi connectivity index (χ3n) is 7.53. The zero-order valence-electron chi connectivity index (χ0n) is 20.4. The molecule has 2 heterocycles. The number of hydrogen-bond donors (Lipinski definition) is 0. The monoisotopic (exact) mass is 442 g/mol. The molecule has 33 heavy (non-hydrogen) atoms. The van der Waals surface area contributed by atoms with E-state index in [9.17, 15) is 4.79 Å². The Morgan fingerprint density at radius 1 is 1.00 bits per heavy atom. The van der Waals surface area contributed by atoms with E-state index in [1.165, 1.54) is 6.42 Å². The van der Waals surface area contributed by atoms with Crippen molar-refractivity contribution in [3.05, 3.63) is 71.9 Å². The fraction of sp³-hybridized carbons (Fsp3) is 0.414. The summed E-state index contributed by atoms with van der Waals surface area (Å²) in [6.45, 7) is 9.98. The van der Waals surface area contributed by atoms with Crippen LogP contribution >= 0.6 is 0 Å². The van der Waals surface area contributed by atoms with Gasteiger partial charge in [-0.3, -0.25) is 4.79 Å². The minimum absolute atomic E-state index is 0.165. The van der Waals surface area contributed by atoms with Crippen LogP contribution in [-0.2, 0) is 0 Å². The standard InChI is InChI=1S/C29H34N2O2/c1-20-25(27(32)30-19-29(4)17-23(30)16-28(2,3)18-29)15-26(21-10-9-13-24(14-21)33-5)31(20)22-11-7-6-8-12-22/h6-15,23H,16-19H2,1-5H3. The third-order valence-corrected chi connectivity index (χ3v) is 7.53. The van der Waals surface area contributed by atoms with Crippen molar-refractivity contribution in [2.75, 3.05) is 13.7 Å². The topological polar surface area (TPSA) is 34.5 Å². The van der Waals surface area contributed by atoms with Crippen molar-refractivity contribution in [2.45, 2.75) is 53.0 Å². The van der Waals surface area contributed by atoms with Crippen LogP contribution in [0, 0.1) is 17.8 Å². The summed E-state index contributed by atoms with van der Waals surface area (Å²) in [4.78, 5) is 16.2. The first kappa shape index (κ1) is 21.8. The van der Waals surface area contributed by atoms with E-state index < -0.39 is 0 Å². The molecule has 2 fully saturated rings. The summed E-state index contributed by atoms with van der Waals surface area (Å²) in [5.74, 6) is 0.972. The van der Waals surface area contributed by atoms with Gasteiger partial charge in [-0.25, -0.2) is 0 Å². The number of aromatic nitrogens is 1. The number of carbonyl (C=O) groups excluding carboxylic acids is 1. The number of methoxy groups -OCH3 is 1. The van der Waals surface area contributed by atoms with Crippen LogP contribution in [0.15, 0.2) is 60.7 Å². The van der Waals surface area contributed by atoms with Crippen LogP contribution in [0.4, 0.5) is 0 Å². The van der Waals surface area contributed by atoms with Crippen molar-refractivity contribution < 1.29 is 9.53 Å². The van der Waals surface area contributed by atoms with E-state index in [1.54, 1.807) is 7.11 Å². The predicted molar refractivity (Wildman–Crippen MR) is 133 cm³/mol. The Morgan fingerprint density at radius 2 is 1.76 bits per heavy atom. The number of nitrogens with zero attached hydrogens (tertiary/aromatic N) is 2. The van der Waals surface area contributed by atoms with Gasteiger partial charge in [-0.05, 0) is 67.3 Å². The molecule has 2 bridgehead atoms. The van der Waals surface area contributed by atoms with Gasteiger partial charge in [0.25, 0.3) is 5.91 Å². The summed E-state index contributed by atoms with van der Waals surface area (Å²) in [6.07, 6.45) is 3.37. The molecule has 3 aromatic rings. The van der Waals surface area contributed by atoms with Gasteiger partial charge in [0.05, 0.1) is 18.4 Å². The maximum Gasteiger partial charge on any atom is 0.255 e. The largest absolute Gasteiger partial charge is 0.497 e. The summed E-state index contributed by atoms with van der Waals surface area (Å²) < 4.78 is 7.69. The van der Waals surface area contributed by atoms with Gasteiger partial charge < -0.3 is 14.2 Å². The van der Waals surface area contributed by atoms with Crippen LogP contribution < -0.4 is 4.74 Å². The van der Waals surface area contributed by atoms with Crippen molar-refractivity contribution in [3.8, 4) is 22.7 Å². The highest BCUT2D eigenvalue weighted by Gasteiger charge is 2.51. The van der Waals surface area contributed by atoms with E-state index in [0.29, 0.717) is 6.04 Å². The Kier molecular flexibility index (Phi) is 5.15. The lowest BCUT2D eigenvalue weighted by molar-refractivity contribution is 0.0707. The van der Waals surface area contributed by atoms with Gasteiger partial charge in [-0.1, -0.05) is 51.1 Å². The third kappa shape index (κ3) is 3.86. The van der Waals surface area contributed by atoms with Gasteiger partial charge in [-0.15, -0.1) is 0 Å². The van der Waals surface area contributed by atoms with Crippen molar-refractivity contribution in [1.82, 2.24) is 9.47 Å². The number of hydrogen-bond acceptors (Lipinski definition) is 2. The highest BCUT2D eigenvalue weighted by atomic mass is 16.5. The predicted octanol–water partition coefficient (Wildman–Crippen LogP) is 6.50. The van der Waals surface area contributed by atoms with E-state index >= 15 is 0 Å². The molecule has 2 unspecified atom stereocenters. The summed E-state index contributed by atoms with van der Waals surface area (Å²) in [6, 6.07) is 20.8. The number of amides is 1. The van der Waals surface area contributed by atoms with E-state index in [1.807, 2.05) is 36.4 Å². The summed E-state index contributed by atoms with van der Waals surface area (Å²) in [5, 5.41) is 0. The van der Waals surface area contributed by atoms with Crippen molar-refractivity contribution in [2.24, 2.45) is 10.8 Å². The first-order chi connectivity index (χ1) is 15.7. The quantitative estimate of drug-likeness (QED) is 0.462. The Hall–Kier alpha value is -3.01. The Bertz CT molecular complexity index is 1190. The van der Waals surface area contributed by atoms with Gasteiger partial charge in [0.1, 0.15) is 5.75 Å². The fourth-order valence-electron chi connectivity index (χ4n) is 6.58. The number of fused-ring (bicyclic) bond motifs is 2. The Labute approximate surface area is 197 Å². The molecule has 4 nitrogen and oxygen atoms in total. The van der Waals surface area contributed by atoms with Crippen LogP contribution in [0.2, 0.25) is 0 Å². The molecule has 2 atom stereocenters. The molecule has 4 heteroatoms. The molecule has 0 spiro atoms. The maximum atomic E-state index is 14.0. The van der Waals surface area contributed by atoms with E-state index in [0.717, 1.165) is 53.3 Å². The first-order valence-electron chi connectivity index (χ1n) is 11.9. The van der Waals surface area contributed by atoms with Crippen molar-refractivity contribution in [3.63, 3.8) is 0 Å². The van der Waals surface area contributed by atoms with Crippen LogP contribution in [0.5, 0.6) is 5.75 Å². The highest BCUT2D eigenvalue weighted by molar-refractivity contribution is 5.98. The van der Waals surface area contributed by atoms with Crippen molar-refractivity contribution in [1.29, 1.82) is 0 Å². The lowest BCUT2D eigenvalue weighted by Crippen LogP contribution is -2.37. The van der Waals surface area contributed by atoms with Gasteiger partial charge in [-0.2, -0.15) is 0 Å². The molecule has 2 aromatic carbocycles. The zero-order valence-corrected chi connectivity index (χ0v) is 20.4. The molecular weight excluding hydrogens is 408 g/mol. The average molecular weight is 443 g/mol. The van der Waals surface area contributed by atoms with Crippen LogP contribution in [0.3, 0.4) is 0 Å². The minimum Gasteiger partial charge on any atom is -0.497 e. The molecule has 1 aliphatic heterocycles. The summed E-state index contributed by atoms with van der Waals surface area (Å²) in [7, 11) is 1.68. The molecule has 5 rings (SSSR count). The van der Waals surface area contributed by atoms with E-state index in [4.69, 9.17) is 4.74 Å². The number of rotatable bonds is 4. The number of carbonyl (C=O) groups is 1. The minimum atomic E-state index is 0.165. The van der Waals surface area contributed by atoms with Crippen LogP contribution in [0.25, 0.3) is 16.9 Å². The first-order valence-corrected chi connectivity index (χ1v) is 11.9. The van der Waals surface area contributed by atoms with Crippen molar-refractivity contribution >= 4 is 5.91 Å². The van der Waals surface area contributed by atoms with Gasteiger partial charge in [0.2, 0.25) is 0 Å². The zero-order chi connectivity index (χ0) is 23.4. The summed E-state index contributed by atoms with van der Waals surface area (Å²) >= 11 is 0. The molecule has 1 aliphatic carbocycles. The molecule has 0 radical (unpaired) electrons. The number of benzene rings is 2. The molecular formula is C29H34N2O2. The van der Waals surface area contributed by atoms with Crippen LogP contribution in [0.1, 0.15) is 56.1 Å². The fourth-order valence-corrected chi connectivity index (χ4v) is 6.58. The Balaban J connectivity index is 1.60. The second-order valence-corrected chi connectivity index (χ2v) is 11.1.